The summed E-state index contributed by atoms with van der Waals surface area (Å²) in [5.41, 5.74) is -0.403. The third-order valence-electron chi connectivity index (χ3n) is 3.41. The molecule has 0 aromatic rings. The second-order valence-electron chi connectivity index (χ2n) is 4.81. The van der Waals surface area contributed by atoms with Crippen LogP contribution in [0.2, 0.25) is 0 Å². The molecule has 0 atom stereocenters. The van der Waals surface area contributed by atoms with Crippen molar-refractivity contribution in [3.05, 3.63) is 0 Å². The standard InChI is InChI=1S/C14H27O3P/c1-4-7-9-14(10-8-5-2,11-12-18-16)13(15)17-6-3/h4-12H2,1-3H3. The average molecular weight is 274 g/mol. The molecule has 0 aliphatic heterocycles. The second-order valence-corrected chi connectivity index (χ2v) is 5.52. The maximum absolute atomic E-state index is 12.3. The van der Waals surface area contributed by atoms with Crippen molar-refractivity contribution in [1.29, 1.82) is 0 Å². The molecule has 0 unspecified atom stereocenters. The minimum Gasteiger partial charge on any atom is -0.466 e. The third kappa shape index (κ3) is 5.95. The molecule has 0 heterocycles. The fourth-order valence-electron chi connectivity index (χ4n) is 2.26. The summed E-state index contributed by atoms with van der Waals surface area (Å²) in [5, 5.41) is 0. The number of carbonyl (C=O) groups is 1. The predicted molar refractivity (Wildman–Crippen MR) is 75.2 cm³/mol. The summed E-state index contributed by atoms with van der Waals surface area (Å²) >= 11 is 0. The molecule has 106 valence electrons. The molecule has 0 saturated carbocycles. The fourth-order valence-corrected chi connectivity index (χ4v) is 2.77. The summed E-state index contributed by atoms with van der Waals surface area (Å²) in [6, 6.07) is 0. The van der Waals surface area contributed by atoms with E-state index in [0.717, 1.165) is 38.5 Å². The van der Waals surface area contributed by atoms with E-state index in [9.17, 15) is 9.36 Å². The van der Waals surface area contributed by atoms with Crippen molar-refractivity contribution in [1.82, 2.24) is 0 Å². The van der Waals surface area contributed by atoms with Gasteiger partial charge in [-0.15, -0.1) is 0 Å². The topological polar surface area (TPSA) is 43.4 Å². The molecule has 0 bridgehead atoms. The van der Waals surface area contributed by atoms with Crippen molar-refractivity contribution in [2.24, 2.45) is 5.41 Å². The van der Waals surface area contributed by atoms with Crippen molar-refractivity contribution >= 4 is 14.4 Å². The lowest BCUT2D eigenvalue weighted by Crippen LogP contribution is -2.34. The first-order valence-electron chi connectivity index (χ1n) is 7.13. The maximum Gasteiger partial charge on any atom is 0.312 e. The van der Waals surface area contributed by atoms with E-state index in [1.807, 2.05) is 6.92 Å². The van der Waals surface area contributed by atoms with Crippen LogP contribution in [0.4, 0.5) is 0 Å². The smallest absolute Gasteiger partial charge is 0.312 e. The summed E-state index contributed by atoms with van der Waals surface area (Å²) in [6.45, 7) is 6.52. The zero-order chi connectivity index (χ0) is 13.9. The van der Waals surface area contributed by atoms with Crippen LogP contribution in [0.5, 0.6) is 0 Å². The van der Waals surface area contributed by atoms with Crippen LogP contribution in [-0.4, -0.2) is 18.7 Å². The largest absolute Gasteiger partial charge is 0.466 e. The number of rotatable bonds is 11. The Bertz CT molecular complexity index is 233. The third-order valence-corrected chi connectivity index (χ3v) is 3.81. The van der Waals surface area contributed by atoms with Gasteiger partial charge in [-0.3, -0.25) is 9.36 Å². The minimum atomic E-state index is -0.403. The summed E-state index contributed by atoms with van der Waals surface area (Å²) in [7, 11) is 0.126. The van der Waals surface area contributed by atoms with Crippen LogP contribution in [0.1, 0.15) is 65.7 Å². The number of carbonyl (C=O) groups excluding carboxylic acids is 1. The molecular weight excluding hydrogens is 247 g/mol. The van der Waals surface area contributed by atoms with Crippen LogP contribution in [-0.2, 0) is 14.1 Å². The van der Waals surface area contributed by atoms with Crippen molar-refractivity contribution in [2.45, 2.75) is 65.7 Å². The zero-order valence-electron chi connectivity index (χ0n) is 12.0. The SMILES string of the molecule is CCCCC(CCCC)(CCP=O)C(=O)OCC. The van der Waals surface area contributed by atoms with Crippen LogP contribution in [0.15, 0.2) is 0 Å². The van der Waals surface area contributed by atoms with Gasteiger partial charge in [0.1, 0.15) is 0 Å². The highest BCUT2D eigenvalue weighted by molar-refractivity contribution is 7.23. The van der Waals surface area contributed by atoms with Gasteiger partial charge in [-0.1, -0.05) is 39.5 Å². The van der Waals surface area contributed by atoms with E-state index in [4.69, 9.17) is 4.74 Å². The minimum absolute atomic E-state index is 0.0875. The zero-order valence-corrected chi connectivity index (χ0v) is 12.9. The number of ether oxygens (including phenoxy) is 1. The Morgan fingerprint density at radius 3 is 2.00 bits per heavy atom. The highest BCUT2D eigenvalue weighted by atomic mass is 31.1. The monoisotopic (exact) mass is 274 g/mol. The first-order valence-corrected chi connectivity index (χ1v) is 8.13. The van der Waals surface area contributed by atoms with Crippen LogP contribution < -0.4 is 0 Å². The van der Waals surface area contributed by atoms with Crippen molar-refractivity contribution in [2.75, 3.05) is 12.8 Å². The Morgan fingerprint density at radius 1 is 1.06 bits per heavy atom. The Balaban J connectivity index is 4.83. The molecule has 0 spiro atoms. The van der Waals surface area contributed by atoms with E-state index in [-0.39, 0.29) is 14.4 Å². The molecule has 4 heteroatoms. The van der Waals surface area contributed by atoms with E-state index in [2.05, 4.69) is 13.8 Å². The summed E-state index contributed by atoms with van der Waals surface area (Å²) < 4.78 is 16.0. The quantitative estimate of drug-likeness (QED) is 0.408. The molecule has 0 rings (SSSR count). The molecule has 0 amide bonds. The lowest BCUT2D eigenvalue weighted by atomic mass is 9.76. The van der Waals surface area contributed by atoms with Gasteiger partial charge in [-0.05, 0) is 26.2 Å². The first kappa shape index (κ1) is 17.6. The van der Waals surface area contributed by atoms with Gasteiger partial charge in [-0.25, -0.2) is 0 Å². The summed E-state index contributed by atoms with van der Waals surface area (Å²) in [4.78, 5) is 12.3. The second kappa shape index (κ2) is 10.5. The van der Waals surface area contributed by atoms with E-state index in [1.165, 1.54) is 0 Å². The lowest BCUT2D eigenvalue weighted by molar-refractivity contribution is -0.157. The molecule has 18 heavy (non-hydrogen) atoms. The Kier molecular flexibility index (Phi) is 10.2. The maximum atomic E-state index is 12.3. The van der Waals surface area contributed by atoms with Crippen LogP contribution in [0.3, 0.4) is 0 Å². The van der Waals surface area contributed by atoms with Gasteiger partial charge < -0.3 is 4.74 Å². The first-order chi connectivity index (χ1) is 8.66. The van der Waals surface area contributed by atoms with Crippen LogP contribution in [0, 0.1) is 5.41 Å². The Morgan fingerprint density at radius 2 is 1.61 bits per heavy atom. The number of unbranched alkanes of at least 4 members (excludes halogenated alkanes) is 2. The Hall–Kier alpha value is -0.430. The summed E-state index contributed by atoms with van der Waals surface area (Å²) in [5.74, 6) is -0.0875. The molecule has 0 aromatic carbocycles. The van der Waals surface area contributed by atoms with E-state index < -0.39 is 5.41 Å². The van der Waals surface area contributed by atoms with Crippen LogP contribution >= 0.6 is 8.46 Å². The van der Waals surface area contributed by atoms with Crippen molar-refractivity contribution in [3.8, 4) is 0 Å². The Labute approximate surface area is 113 Å². The van der Waals surface area contributed by atoms with Crippen molar-refractivity contribution < 1.29 is 14.1 Å². The molecule has 0 aliphatic rings. The van der Waals surface area contributed by atoms with Gasteiger partial charge >= 0.3 is 5.97 Å². The molecule has 3 nitrogen and oxygen atoms in total. The van der Waals surface area contributed by atoms with Crippen molar-refractivity contribution in [3.63, 3.8) is 0 Å². The fraction of sp³-hybridized carbons (Fsp3) is 0.929. The molecule has 0 radical (unpaired) electrons. The number of hydrogen-bond donors (Lipinski definition) is 0. The highest BCUT2D eigenvalue weighted by Crippen LogP contribution is 2.37. The normalized spacial score (nSPS) is 11.7. The van der Waals surface area contributed by atoms with E-state index in [0.29, 0.717) is 19.2 Å². The molecule has 0 aromatic heterocycles. The highest BCUT2D eigenvalue weighted by Gasteiger charge is 2.38. The van der Waals surface area contributed by atoms with E-state index >= 15 is 0 Å². The average Bonchev–Trinajstić information content (AvgIpc) is 2.38. The van der Waals surface area contributed by atoms with Crippen LogP contribution in [0.25, 0.3) is 0 Å². The molecule has 0 saturated heterocycles. The molecule has 0 N–H and O–H groups in total. The van der Waals surface area contributed by atoms with Gasteiger partial charge in [0.2, 0.25) is 0 Å². The molecule has 0 fully saturated rings. The molecule has 0 aliphatic carbocycles. The predicted octanol–water partition coefficient (Wildman–Crippen LogP) is 4.60. The lowest BCUT2D eigenvalue weighted by Gasteiger charge is -2.31. The van der Waals surface area contributed by atoms with Gasteiger partial charge in [0.15, 0.2) is 8.46 Å². The van der Waals surface area contributed by atoms with Gasteiger partial charge in [0.05, 0.1) is 12.0 Å². The van der Waals surface area contributed by atoms with E-state index in [1.54, 1.807) is 0 Å². The molecular formula is C14H27O3P. The van der Waals surface area contributed by atoms with Gasteiger partial charge in [0.25, 0.3) is 0 Å². The number of esters is 1. The van der Waals surface area contributed by atoms with Gasteiger partial charge in [-0.2, -0.15) is 0 Å². The summed E-state index contributed by atoms with van der Waals surface area (Å²) in [6.07, 6.45) is 7.14. The number of hydrogen-bond acceptors (Lipinski definition) is 3. The van der Waals surface area contributed by atoms with Gasteiger partial charge in [0, 0.05) is 6.16 Å².